The van der Waals surface area contributed by atoms with Crippen LogP contribution in [0.25, 0.3) is 0 Å². The molecule has 0 aliphatic rings. The zero-order chi connectivity index (χ0) is 20.6. The molecule has 2 amide bonds. The number of rotatable bonds is 10. The monoisotopic (exact) mass is 398 g/mol. The fourth-order valence-electron chi connectivity index (χ4n) is 2.55. The summed E-state index contributed by atoms with van der Waals surface area (Å²) in [6, 6.07) is 2.64. The number of nitrogens with one attached hydrogen (secondary N) is 2. The van der Waals surface area contributed by atoms with E-state index in [1.54, 1.807) is 0 Å². The predicted molar refractivity (Wildman–Crippen MR) is 105 cm³/mol. The third-order valence-electron chi connectivity index (χ3n) is 4.18. The lowest BCUT2D eigenvalue weighted by Crippen LogP contribution is -2.53. The molecule has 0 aliphatic carbocycles. The molecular formula is C18H27ClN4O4. The molecule has 0 aromatic heterocycles. The summed E-state index contributed by atoms with van der Waals surface area (Å²) in [5.41, 5.74) is 5.57. The third-order valence-corrected chi connectivity index (χ3v) is 4.49. The molecule has 0 radical (unpaired) electrons. The van der Waals surface area contributed by atoms with E-state index in [1.807, 2.05) is 13.8 Å². The zero-order valence-electron chi connectivity index (χ0n) is 15.8. The fourth-order valence-corrected chi connectivity index (χ4v) is 2.81. The van der Waals surface area contributed by atoms with Crippen molar-refractivity contribution < 1.29 is 14.5 Å². The van der Waals surface area contributed by atoms with Gasteiger partial charge in [0.05, 0.1) is 15.5 Å². The van der Waals surface area contributed by atoms with Gasteiger partial charge in [0.15, 0.2) is 0 Å². The minimum Gasteiger partial charge on any atom is -0.350 e. The van der Waals surface area contributed by atoms with Crippen LogP contribution < -0.4 is 16.4 Å². The third kappa shape index (κ3) is 6.80. The minimum atomic E-state index is -0.778. The van der Waals surface area contributed by atoms with E-state index in [2.05, 4.69) is 17.6 Å². The molecule has 1 rings (SSSR count). The van der Waals surface area contributed by atoms with Crippen LogP contribution in [0.3, 0.4) is 0 Å². The van der Waals surface area contributed by atoms with Crippen molar-refractivity contribution in [2.24, 2.45) is 11.7 Å². The van der Waals surface area contributed by atoms with E-state index in [1.165, 1.54) is 12.1 Å². The second kappa shape index (κ2) is 10.8. The van der Waals surface area contributed by atoms with Crippen LogP contribution in [0.5, 0.6) is 0 Å². The second-order valence-corrected chi connectivity index (χ2v) is 7.11. The maximum absolute atomic E-state index is 12.6. The molecule has 2 unspecified atom stereocenters. The SMILES string of the molecule is CCCCC(CN)NC(=O)C(NC(=O)c1ccc([N+](=O)[O-])cc1Cl)C(C)C. The molecule has 1 aromatic carbocycles. The Bertz CT molecular complexity index is 681. The second-order valence-electron chi connectivity index (χ2n) is 6.70. The van der Waals surface area contributed by atoms with Crippen molar-refractivity contribution in [1.82, 2.24) is 10.6 Å². The van der Waals surface area contributed by atoms with Crippen LogP contribution in [0.1, 0.15) is 50.4 Å². The van der Waals surface area contributed by atoms with Crippen molar-refractivity contribution in [2.45, 2.75) is 52.1 Å². The van der Waals surface area contributed by atoms with E-state index < -0.39 is 16.9 Å². The first kappa shape index (κ1) is 22.9. The highest BCUT2D eigenvalue weighted by atomic mass is 35.5. The van der Waals surface area contributed by atoms with E-state index in [-0.39, 0.29) is 34.1 Å². The van der Waals surface area contributed by atoms with Gasteiger partial charge in [0, 0.05) is 24.7 Å². The van der Waals surface area contributed by atoms with Gasteiger partial charge in [-0.25, -0.2) is 0 Å². The maximum atomic E-state index is 12.6. The number of carbonyl (C=O) groups is 2. The van der Waals surface area contributed by atoms with Crippen LogP contribution in [0.15, 0.2) is 18.2 Å². The summed E-state index contributed by atoms with van der Waals surface area (Å²) < 4.78 is 0. The predicted octanol–water partition coefficient (Wildman–Crippen LogP) is 2.64. The Hall–Kier alpha value is -2.19. The summed E-state index contributed by atoms with van der Waals surface area (Å²) in [4.78, 5) is 35.3. The Balaban J connectivity index is 2.88. The molecule has 9 heteroatoms. The standard InChI is InChI=1S/C18H27ClN4O4/c1-4-5-6-12(10-20)21-18(25)16(11(2)3)22-17(24)14-8-7-13(23(26)27)9-15(14)19/h7-9,11-12,16H,4-6,10,20H2,1-3H3,(H,21,25)(H,22,24). The normalized spacial score (nSPS) is 13.1. The molecule has 0 bridgehead atoms. The summed E-state index contributed by atoms with van der Waals surface area (Å²) in [5.74, 6) is -1.06. The first-order valence-corrected chi connectivity index (χ1v) is 9.34. The molecule has 0 saturated heterocycles. The lowest BCUT2D eigenvalue weighted by Gasteiger charge is -2.25. The lowest BCUT2D eigenvalue weighted by molar-refractivity contribution is -0.384. The van der Waals surface area contributed by atoms with Gasteiger partial charge in [0.25, 0.3) is 11.6 Å². The smallest absolute Gasteiger partial charge is 0.270 e. The quantitative estimate of drug-likeness (QED) is 0.412. The number of nitrogens with two attached hydrogens (primary N) is 1. The largest absolute Gasteiger partial charge is 0.350 e. The highest BCUT2D eigenvalue weighted by Gasteiger charge is 2.27. The molecule has 1 aromatic rings. The summed E-state index contributed by atoms with van der Waals surface area (Å²) >= 11 is 5.99. The van der Waals surface area contributed by atoms with Gasteiger partial charge < -0.3 is 16.4 Å². The zero-order valence-corrected chi connectivity index (χ0v) is 16.6. The average Bonchev–Trinajstić information content (AvgIpc) is 2.62. The minimum absolute atomic E-state index is 0.0487. The maximum Gasteiger partial charge on any atom is 0.270 e. The Morgan fingerprint density at radius 3 is 2.44 bits per heavy atom. The van der Waals surface area contributed by atoms with Gasteiger partial charge in [-0.1, -0.05) is 45.2 Å². The number of unbranched alkanes of at least 4 members (excludes halogenated alkanes) is 1. The van der Waals surface area contributed by atoms with Gasteiger partial charge >= 0.3 is 0 Å². The fraction of sp³-hybridized carbons (Fsp3) is 0.556. The first-order valence-electron chi connectivity index (χ1n) is 8.96. The molecule has 27 heavy (non-hydrogen) atoms. The van der Waals surface area contributed by atoms with Crippen LogP contribution in [-0.2, 0) is 4.79 Å². The van der Waals surface area contributed by atoms with Crippen LogP contribution in [0.2, 0.25) is 5.02 Å². The molecule has 8 nitrogen and oxygen atoms in total. The highest BCUT2D eigenvalue weighted by molar-refractivity contribution is 6.34. The van der Waals surface area contributed by atoms with Crippen molar-refractivity contribution in [2.75, 3.05) is 6.54 Å². The number of amides is 2. The van der Waals surface area contributed by atoms with Crippen molar-refractivity contribution in [3.05, 3.63) is 38.9 Å². The summed E-state index contributed by atoms with van der Waals surface area (Å²) in [6.07, 6.45) is 2.71. The van der Waals surface area contributed by atoms with Gasteiger partial charge in [-0.15, -0.1) is 0 Å². The molecule has 0 spiro atoms. The highest BCUT2D eigenvalue weighted by Crippen LogP contribution is 2.22. The van der Waals surface area contributed by atoms with E-state index >= 15 is 0 Å². The molecule has 0 fully saturated rings. The number of carbonyl (C=O) groups excluding carboxylic acids is 2. The number of benzene rings is 1. The Morgan fingerprint density at radius 2 is 1.96 bits per heavy atom. The summed E-state index contributed by atoms with van der Waals surface area (Å²) in [5, 5.41) is 16.3. The Morgan fingerprint density at radius 1 is 1.30 bits per heavy atom. The van der Waals surface area contributed by atoms with Gasteiger partial charge in [-0.05, 0) is 18.4 Å². The van der Waals surface area contributed by atoms with Crippen LogP contribution in [0, 0.1) is 16.0 Å². The Kier molecular flexibility index (Phi) is 9.17. The van der Waals surface area contributed by atoms with Crippen molar-refractivity contribution >= 4 is 29.1 Å². The van der Waals surface area contributed by atoms with Crippen molar-refractivity contribution in [3.63, 3.8) is 0 Å². The van der Waals surface area contributed by atoms with Gasteiger partial charge in [0.2, 0.25) is 5.91 Å². The van der Waals surface area contributed by atoms with E-state index in [9.17, 15) is 19.7 Å². The molecule has 4 N–H and O–H groups in total. The molecule has 150 valence electrons. The molecular weight excluding hydrogens is 372 g/mol. The number of halogens is 1. The van der Waals surface area contributed by atoms with Crippen molar-refractivity contribution in [3.8, 4) is 0 Å². The molecule has 0 saturated carbocycles. The average molecular weight is 399 g/mol. The van der Waals surface area contributed by atoms with Crippen molar-refractivity contribution in [1.29, 1.82) is 0 Å². The molecule has 0 heterocycles. The molecule has 2 atom stereocenters. The number of nitrogens with zero attached hydrogens (tertiary/aromatic N) is 1. The van der Waals surface area contributed by atoms with Gasteiger partial charge in [-0.3, -0.25) is 19.7 Å². The number of nitro groups is 1. The summed E-state index contributed by atoms with van der Waals surface area (Å²) in [7, 11) is 0. The van der Waals surface area contributed by atoms with Crippen LogP contribution in [0.4, 0.5) is 5.69 Å². The van der Waals surface area contributed by atoms with Crippen LogP contribution >= 0.6 is 11.6 Å². The number of non-ortho nitro benzene ring substituents is 1. The van der Waals surface area contributed by atoms with Crippen LogP contribution in [-0.4, -0.2) is 35.4 Å². The number of nitro benzene ring substituents is 1. The topological polar surface area (TPSA) is 127 Å². The van der Waals surface area contributed by atoms with Gasteiger partial charge in [-0.2, -0.15) is 0 Å². The van der Waals surface area contributed by atoms with E-state index in [0.29, 0.717) is 6.54 Å². The number of hydrogen-bond acceptors (Lipinski definition) is 5. The first-order chi connectivity index (χ1) is 12.7. The van der Waals surface area contributed by atoms with Gasteiger partial charge in [0.1, 0.15) is 6.04 Å². The van der Waals surface area contributed by atoms with E-state index in [4.69, 9.17) is 17.3 Å². The Labute approximate surface area is 164 Å². The number of hydrogen-bond donors (Lipinski definition) is 3. The molecule has 0 aliphatic heterocycles. The lowest BCUT2D eigenvalue weighted by atomic mass is 10.0. The summed E-state index contributed by atoms with van der Waals surface area (Å²) in [6.45, 7) is 6.00. The van der Waals surface area contributed by atoms with E-state index in [0.717, 1.165) is 25.3 Å².